The molecule has 7 nitrogen and oxygen atoms in total. The fourth-order valence-electron chi connectivity index (χ4n) is 1.75. The van der Waals surface area contributed by atoms with Crippen molar-refractivity contribution in [2.24, 2.45) is 11.8 Å². The van der Waals surface area contributed by atoms with Gasteiger partial charge >= 0.3 is 5.97 Å². The Kier molecular flexibility index (Phi) is 5.29. The Labute approximate surface area is 111 Å². The zero-order valence-corrected chi connectivity index (χ0v) is 11.0. The highest BCUT2D eigenvalue weighted by atomic mass is 16.4. The summed E-state index contributed by atoms with van der Waals surface area (Å²) in [6, 6.07) is -1.33. The van der Waals surface area contributed by atoms with Crippen molar-refractivity contribution in [3.05, 3.63) is 0 Å². The first-order valence-electron chi connectivity index (χ1n) is 6.31. The molecule has 2 amide bonds. The van der Waals surface area contributed by atoms with Crippen LogP contribution in [0.5, 0.6) is 0 Å². The Morgan fingerprint density at radius 2 is 1.95 bits per heavy atom. The first-order chi connectivity index (χ1) is 8.82. The van der Waals surface area contributed by atoms with Crippen molar-refractivity contribution in [1.82, 2.24) is 10.6 Å². The lowest BCUT2D eigenvalue weighted by atomic mass is 10.2. The van der Waals surface area contributed by atoms with Gasteiger partial charge in [0.2, 0.25) is 11.8 Å². The molecule has 1 fully saturated rings. The van der Waals surface area contributed by atoms with Gasteiger partial charge in [0, 0.05) is 18.9 Å². The maximum atomic E-state index is 11.5. The average molecular weight is 272 g/mol. The molecule has 0 aromatic rings. The van der Waals surface area contributed by atoms with E-state index < -0.39 is 24.0 Å². The molecule has 4 N–H and O–H groups in total. The molecule has 0 aromatic carbocycles. The van der Waals surface area contributed by atoms with Crippen LogP contribution in [0.25, 0.3) is 0 Å². The van der Waals surface area contributed by atoms with Crippen LogP contribution in [-0.4, -0.2) is 46.7 Å². The SMILES string of the molecule is CC1CC1C(=O)NCCC(=O)N[C@H](C(=O)O)[C@@H](C)O. The number of nitrogens with one attached hydrogen (secondary N) is 2. The monoisotopic (exact) mass is 272 g/mol. The summed E-state index contributed by atoms with van der Waals surface area (Å²) in [5, 5.41) is 22.8. The number of aliphatic hydroxyl groups excluding tert-OH is 1. The Morgan fingerprint density at radius 3 is 2.37 bits per heavy atom. The van der Waals surface area contributed by atoms with Crippen LogP contribution in [0.3, 0.4) is 0 Å². The van der Waals surface area contributed by atoms with Gasteiger partial charge < -0.3 is 20.8 Å². The van der Waals surface area contributed by atoms with Gasteiger partial charge in [0.15, 0.2) is 6.04 Å². The van der Waals surface area contributed by atoms with Gasteiger partial charge in [0.1, 0.15) is 0 Å². The predicted octanol–water partition coefficient (Wildman–Crippen LogP) is -0.901. The van der Waals surface area contributed by atoms with Crippen molar-refractivity contribution in [3.63, 3.8) is 0 Å². The minimum atomic E-state index is -1.33. The largest absolute Gasteiger partial charge is 0.480 e. The number of aliphatic hydroxyl groups is 1. The number of carbonyl (C=O) groups is 3. The Bertz CT molecular complexity index is 369. The van der Waals surface area contributed by atoms with Gasteiger partial charge in [-0.2, -0.15) is 0 Å². The molecule has 4 atom stereocenters. The van der Waals surface area contributed by atoms with E-state index in [1.165, 1.54) is 6.92 Å². The van der Waals surface area contributed by atoms with Gasteiger partial charge in [-0.15, -0.1) is 0 Å². The lowest BCUT2D eigenvalue weighted by Crippen LogP contribution is -2.48. The van der Waals surface area contributed by atoms with E-state index in [2.05, 4.69) is 10.6 Å². The number of carboxylic acids is 1. The highest BCUT2D eigenvalue weighted by Crippen LogP contribution is 2.37. The molecule has 2 unspecified atom stereocenters. The first-order valence-corrected chi connectivity index (χ1v) is 6.31. The van der Waals surface area contributed by atoms with Crippen molar-refractivity contribution in [3.8, 4) is 0 Å². The minimum absolute atomic E-state index is 0.0106. The van der Waals surface area contributed by atoms with Crippen LogP contribution in [-0.2, 0) is 14.4 Å². The van der Waals surface area contributed by atoms with Gasteiger partial charge in [-0.1, -0.05) is 6.92 Å². The Hall–Kier alpha value is -1.63. The zero-order chi connectivity index (χ0) is 14.6. The van der Waals surface area contributed by atoms with Crippen LogP contribution in [0, 0.1) is 11.8 Å². The van der Waals surface area contributed by atoms with Crippen molar-refractivity contribution in [2.45, 2.75) is 38.8 Å². The van der Waals surface area contributed by atoms with Crippen LogP contribution in [0.4, 0.5) is 0 Å². The topological polar surface area (TPSA) is 116 Å². The zero-order valence-electron chi connectivity index (χ0n) is 11.0. The molecule has 1 aliphatic rings. The van der Waals surface area contributed by atoms with Crippen molar-refractivity contribution in [2.75, 3.05) is 6.54 Å². The summed E-state index contributed by atoms with van der Waals surface area (Å²) in [7, 11) is 0. The molecule has 0 aromatic heterocycles. The number of rotatable bonds is 7. The summed E-state index contributed by atoms with van der Waals surface area (Å²) in [6.45, 7) is 3.44. The second-order valence-corrected chi connectivity index (χ2v) is 4.98. The fraction of sp³-hybridized carbons (Fsp3) is 0.750. The third kappa shape index (κ3) is 4.86. The Balaban J connectivity index is 2.23. The fourth-order valence-corrected chi connectivity index (χ4v) is 1.75. The third-order valence-electron chi connectivity index (χ3n) is 3.16. The average Bonchev–Trinajstić information content (AvgIpc) is 3.02. The third-order valence-corrected chi connectivity index (χ3v) is 3.16. The van der Waals surface area contributed by atoms with Crippen LogP contribution in [0.1, 0.15) is 26.7 Å². The maximum Gasteiger partial charge on any atom is 0.328 e. The van der Waals surface area contributed by atoms with E-state index in [0.717, 1.165) is 6.42 Å². The molecule has 0 bridgehead atoms. The molecule has 0 spiro atoms. The summed E-state index contributed by atoms with van der Waals surface area (Å²) in [5.74, 6) is -1.42. The summed E-state index contributed by atoms with van der Waals surface area (Å²) >= 11 is 0. The summed E-state index contributed by atoms with van der Waals surface area (Å²) in [6.07, 6.45) is -0.312. The summed E-state index contributed by atoms with van der Waals surface area (Å²) in [5.41, 5.74) is 0. The second kappa shape index (κ2) is 6.51. The number of hydrogen-bond donors (Lipinski definition) is 4. The molecule has 1 saturated carbocycles. The van der Waals surface area contributed by atoms with E-state index in [1.807, 2.05) is 6.92 Å². The number of amides is 2. The molecular formula is C12H20N2O5. The first kappa shape index (κ1) is 15.4. The number of carboxylic acid groups (broad SMARTS) is 1. The van der Waals surface area contributed by atoms with Gasteiger partial charge in [0.05, 0.1) is 6.10 Å². The number of aliphatic carboxylic acids is 1. The van der Waals surface area contributed by atoms with Gasteiger partial charge in [-0.25, -0.2) is 4.79 Å². The maximum absolute atomic E-state index is 11.5. The number of carbonyl (C=O) groups excluding carboxylic acids is 2. The van der Waals surface area contributed by atoms with Crippen molar-refractivity contribution in [1.29, 1.82) is 0 Å². The van der Waals surface area contributed by atoms with E-state index in [0.29, 0.717) is 5.92 Å². The molecule has 0 radical (unpaired) electrons. The van der Waals surface area contributed by atoms with Crippen molar-refractivity contribution < 1.29 is 24.6 Å². The molecule has 1 aliphatic carbocycles. The molecule has 19 heavy (non-hydrogen) atoms. The standard InChI is InChI=1S/C12H20N2O5/c1-6-5-8(6)11(17)13-4-3-9(16)14-10(7(2)15)12(18)19/h6-8,10,15H,3-5H2,1-2H3,(H,13,17)(H,14,16)(H,18,19)/t6?,7-,8?,10+/m1/s1. The van der Waals surface area contributed by atoms with E-state index in [4.69, 9.17) is 5.11 Å². The van der Waals surface area contributed by atoms with Crippen molar-refractivity contribution >= 4 is 17.8 Å². The number of hydrogen-bond acceptors (Lipinski definition) is 4. The lowest BCUT2D eigenvalue weighted by Gasteiger charge is -2.17. The van der Waals surface area contributed by atoms with Gasteiger partial charge in [-0.3, -0.25) is 9.59 Å². The molecule has 1 rings (SSSR count). The minimum Gasteiger partial charge on any atom is -0.480 e. The Morgan fingerprint density at radius 1 is 1.37 bits per heavy atom. The predicted molar refractivity (Wildman–Crippen MR) is 66.1 cm³/mol. The molecular weight excluding hydrogens is 252 g/mol. The molecule has 0 aliphatic heterocycles. The molecule has 0 saturated heterocycles. The van der Waals surface area contributed by atoms with Gasteiger partial charge in [-0.05, 0) is 19.3 Å². The van der Waals surface area contributed by atoms with Crippen LogP contribution in [0.15, 0.2) is 0 Å². The van der Waals surface area contributed by atoms with Gasteiger partial charge in [0.25, 0.3) is 0 Å². The van der Waals surface area contributed by atoms with E-state index in [-0.39, 0.29) is 24.8 Å². The molecule has 108 valence electrons. The highest BCUT2D eigenvalue weighted by Gasteiger charge is 2.38. The second-order valence-electron chi connectivity index (χ2n) is 4.98. The lowest BCUT2D eigenvalue weighted by molar-refractivity contribution is -0.144. The normalized spacial score (nSPS) is 24.2. The highest BCUT2D eigenvalue weighted by molar-refractivity contribution is 5.85. The van der Waals surface area contributed by atoms with Crippen LogP contribution < -0.4 is 10.6 Å². The molecule has 7 heteroatoms. The van der Waals surface area contributed by atoms with E-state index in [9.17, 15) is 19.5 Å². The quantitative estimate of drug-likeness (QED) is 0.479. The molecule has 0 heterocycles. The van der Waals surface area contributed by atoms with E-state index >= 15 is 0 Å². The summed E-state index contributed by atoms with van der Waals surface area (Å²) in [4.78, 5) is 33.7. The smallest absolute Gasteiger partial charge is 0.328 e. The van der Waals surface area contributed by atoms with Crippen LogP contribution >= 0.6 is 0 Å². The summed E-state index contributed by atoms with van der Waals surface area (Å²) < 4.78 is 0. The van der Waals surface area contributed by atoms with Crippen LogP contribution in [0.2, 0.25) is 0 Å². The van der Waals surface area contributed by atoms with E-state index in [1.54, 1.807) is 0 Å².